The van der Waals surface area contributed by atoms with E-state index in [0.29, 0.717) is 0 Å². The van der Waals surface area contributed by atoms with Crippen LogP contribution in [0.3, 0.4) is 0 Å². The predicted octanol–water partition coefficient (Wildman–Crippen LogP) is 2.56. The van der Waals surface area contributed by atoms with Crippen LogP contribution < -0.4 is 4.72 Å². The summed E-state index contributed by atoms with van der Waals surface area (Å²) in [5.41, 5.74) is 0.665. The highest BCUT2D eigenvalue weighted by molar-refractivity contribution is 7.89. The van der Waals surface area contributed by atoms with Gasteiger partial charge in [-0.3, -0.25) is 10.1 Å². The molecule has 0 radical (unpaired) electrons. The largest absolute Gasteiger partial charge is 0.269 e. The van der Waals surface area contributed by atoms with E-state index in [2.05, 4.69) is 11.3 Å². The van der Waals surface area contributed by atoms with Gasteiger partial charge in [0.15, 0.2) is 0 Å². The summed E-state index contributed by atoms with van der Waals surface area (Å²) in [7, 11) is -3.69. The molecule has 0 saturated carbocycles. The monoisotopic (exact) mass is 308 g/mol. The molecule has 1 N–H and O–H groups in total. The zero-order chi connectivity index (χ0) is 15.9. The van der Waals surface area contributed by atoms with E-state index >= 15 is 0 Å². The van der Waals surface area contributed by atoms with Gasteiger partial charge in [-0.1, -0.05) is 36.5 Å². The highest BCUT2D eigenvalue weighted by Crippen LogP contribution is 2.15. The fraction of sp³-hybridized carbons (Fsp3) is 0.143. The topological polar surface area (TPSA) is 89.3 Å². The van der Waals surface area contributed by atoms with Crippen LogP contribution in [0.1, 0.15) is 6.92 Å². The van der Waals surface area contributed by atoms with Crippen molar-refractivity contribution in [1.29, 1.82) is 0 Å². The third-order valence-electron chi connectivity index (χ3n) is 2.53. The van der Waals surface area contributed by atoms with Gasteiger partial charge in [-0.25, -0.2) is 13.1 Å². The molecule has 0 aromatic heterocycles. The Morgan fingerprint density at radius 2 is 1.95 bits per heavy atom. The third kappa shape index (κ3) is 5.33. The second-order valence-electron chi connectivity index (χ2n) is 4.21. The Hall–Kier alpha value is -2.25. The van der Waals surface area contributed by atoms with Gasteiger partial charge < -0.3 is 0 Å². The Morgan fingerprint density at radius 3 is 2.48 bits per heavy atom. The van der Waals surface area contributed by atoms with Crippen molar-refractivity contribution in [3.05, 3.63) is 70.8 Å². The van der Waals surface area contributed by atoms with E-state index in [1.807, 2.05) is 0 Å². The van der Waals surface area contributed by atoms with Gasteiger partial charge in [-0.15, -0.1) is 0 Å². The van der Waals surface area contributed by atoms with Gasteiger partial charge >= 0.3 is 0 Å². The van der Waals surface area contributed by atoms with E-state index in [9.17, 15) is 18.5 Å². The molecular formula is C14H16N2O4S. The van der Waals surface area contributed by atoms with Crippen LogP contribution >= 0.6 is 0 Å². The van der Waals surface area contributed by atoms with E-state index in [-0.39, 0.29) is 17.1 Å². The Morgan fingerprint density at radius 1 is 1.33 bits per heavy atom. The lowest BCUT2D eigenvalue weighted by atomic mass is 10.3. The third-order valence-corrected chi connectivity index (χ3v) is 3.94. The van der Waals surface area contributed by atoms with Gasteiger partial charge in [0.25, 0.3) is 5.69 Å². The summed E-state index contributed by atoms with van der Waals surface area (Å²) in [5, 5.41) is 10.5. The number of nitrogens with zero attached hydrogens (tertiary/aromatic N) is 1. The number of benzene rings is 1. The summed E-state index contributed by atoms with van der Waals surface area (Å²) in [6.07, 6.45) is 6.86. The van der Waals surface area contributed by atoms with Crippen molar-refractivity contribution in [2.75, 3.05) is 6.54 Å². The quantitative estimate of drug-likeness (QED) is 0.476. The maximum absolute atomic E-state index is 12.0. The van der Waals surface area contributed by atoms with Gasteiger partial charge in [-0.2, -0.15) is 0 Å². The van der Waals surface area contributed by atoms with Crippen molar-refractivity contribution in [3.8, 4) is 0 Å². The molecule has 0 atom stereocenters. The fourth-order valence-electron chi connectivity index (χ4n) is 1.40. The average molecular weight is 308 g/mol. The minimum Gasteiger partial charge on any atom is -0.258 e. The van der Waals surface area contributed by atoms with E-state index in [4.69, 9.17) is 0 Å². The number of non-ortho nitro benzene ring substituents is 1. The molecule has 0 aliphatic heterocycles. The molecular weight excluding hydrogens is 292 g/mol. The van der Waals surface area contributed by atoms with Crippen molar-refractivity contribution in [2.45, 2.75) is 11.8 Å². The van der Waals surface area contributed by atoms with Crippen molar-refractivity contribution in [1.82, 2.24) is 4.72 Å². The Labute approximate surface area is 123 Å². The first-order chi connectivity index (χ1) is 9.86. The summed E-state index contributed by atoms with van der Waals surface area (Å²) < 4.78 is 26.4. The number of nitro groups is 1. The number of nitrogens with one attached hydrogen (secondary N) is 1. The van der Waals surface area contributed by atoms with Crippen LogP contribution in [0.15, 0.2) is 65.6 Å². The van der Waals surface area contributed by atoms with Gasteiger partial charge in [-0.05, 0) is 19.1 Å². The molecule has 1 aromatic carbocycles. The minimum absolute atomic E-state index is 0.0115. The first-order valence-electron chi connectivity index (χ1n) is 6.06. The number of hydrogen-bond acceptors (Lipinski definition) is 4. The zero-order valence-electron chi connectivity index (χ0n) is 11.5. The number of allylic oxidation sites excluding steroid dienone is 4. The van der Waals surface area contributed by atoms with Crippen LogP contribution in [-0.2, 0) is 10.0 Å². The van der Waals surface area contributed by atoms with Gasteiger partial charge in [0.1, 0.15) is 0 Å². The molecule has 0 aliphatic rings. The number of sulfonamides is 1. The second kappa shape index (κ2) is 7.51. The number of hydrogen-bond donors (Lipinski definition) is 1. The normalized spacial score (nSPS) is 12.5. The molecule has 7 heteroatoms. The molecule has 0 saturated heterocycles. The van der Waals surface area contributed by atoms with Crippen LogP contribution in [0.25, 0.3) is 0 Å². The van der Waals surface area contributed by atoms with Crippen molar-refractivity contribution >= 4 is 15.7 Å². The van der Waals surface area contributed by atoms with Crippen LogP contribution in [0, 0.1) is 10.1 Å². The summed E-state index contributed by atoms with van der Waals surface area (Å²) in [6.45, 7) is 5.46. The Bertz CT molecular complexity index is 673. The SMILES string of the molecule is C=C/C=C\C=C(/C)CNS(=O)(=O)c1ccc([N+](=O)[O-])cc1. The molecule has 0 bridgehead atoms. The van der Waals surface area contributed by atoms with E-state index in [1.54, 1.807) is 31.2 Å². The molecule has 1 rings (SSSR count). The van der Waals surface area contributed by atoms with Crippen LogP contribution in [-0.4, -0.2) is 19.9 Å². The lowest BCUT2D eigenvalue weighted by molar-refractivity contribution is -0.384. The van der Waals surface area contributed by atoms with Crippen LogP contribution in [0.5, 0.6) is 0 Å². The number of rotatable bonds is 7. The van der Waals surface area contributed by atoms with Gasteiger partial charge in [0.05, 0.1) is 9.82 Å². The average Bonchev–Trinajstić information content (AvgIpc) is 2.45. The van der Waals surface area contributed by atoms with Gasteiger partial charge in [0, 0.05) is 18.7 Å². The molecule has 1 aromatic rings. The molecule has 0 amide bonds. The van der Waals surface area contributed by atoms with Crippen molar-refractivity contribution in [2.24, 2.45) is 0 Å². The summed E-state index contributed by atoms with van der Waals surface area (Å²) in [5.74, 6) is 0. The molecule has 6 nitrogen and oxygen atoms in total. The highest BCUT2D eigenvalue weighted by Gasteiger charge is 2.15. The van der Waals surface area contributed by atoms with E-state index in [0.717, 1.165) is 17.7 Å². The maximum Gasteiger partial charge on any atom is 0.269 e. The lowest BCUT2D eigenvalue weighted by Gasteiger charge is -2.06. The second-order valence-corrected chi connectivity index (χ2v) is 5.98. The summed E-state index contributed by atoms with van der Waals surface area (Å²) in [6, 6.07) is 4.72. The Kier molecular flexibility index (Phi) is 6.01. The molecule has 0 unspecified atom stereocenters. The smallest absolute Gasteiger partial charge is 0.258 e. The van der Waals surface area contributed by atoms with Crippen LogP contribution in [0.4, 0.5) is 5.69 Å². The van der Waals surface area contributed by atoms with Crippen LogP contribution in [0.2, 0.25) is 0 Å². The van der Waals surface area contributed by atoms with Crippen molar-refractivity contribution in [3.63, 3.8) is 0 Å². The van der Waals surface area contributed by atoms with E-state index in [1.165, 1.54) is 12.1 Å². The molecule has 21 heavy (non-hydrogen) atoms. The molecule has 0 spiro atoms. The van der Waals surface area contributed by atoms with Gasteiger partial charge in [0.2, 0.25) is 10.0 Å². The lowest BCUT2D eigenvalue weighted by Crippen LogP contribution is -2.25. The maximum atomic E-state index is 12.0. The number of nitro benzene ring substituents is 1. The van der Waals surface area contributed by atoms with Crippen molar-refractivity contribution < 1.29 is 13.3 Å². The minimum atomic E-state index is -3.69. The standard InChI is InChI=1S/C14H16N2O4S/c1-3-4-5-6-12(2)11-15-21(19,20)14-9-7-13(8-10-14)16(17)18/h3-10,15H,1,11H2,2H3/b5-4-,12-6+. The molecule has 0 fully saturated rings. The summed E-state index contributed by atoms with van der Waals surface area (Å²) >= 11 is 0. The van der Waals surface area contributed by atoms with E-state index < -0.39 is 14.9 Å². The molecule has 0 heterocycles. The molecule has 0 aliphatic carbocycles. The zero-order valence-corrected chi connectivity index (χ0v) is 12.3. The Balaban J connectivity index is 2.77. The first-order valence-corrected chi connectivity index (χ1v) is 7.54. The molecule has 112 valence electrons. The predicted molar refractivity (Wildman–Crippen MR) is 81.4 cm³/mol. The highest BCUT2D eigenvalue weighted by atomic mass is 32.2. The first kappa shape index (κ1) is 16.8. The fourth-order valence-corrected chi connectivity index (χ4v) is 2.48. The summed E-state index contributed by atoms with van der Waals surface area (Å²) in [4.78, 5) is 9.93.